The fraction of sp³-hybridized carbons (Fsp3) is 0.200. The van der Waals surface area contributed by atoms with Crippen molar-refractivity contribution in [3.8, 4) is 17.0 Å². The van der Waals surface area contributed by atoms with Gasteiger partial charge in [-0.25, -0.2) is 4.98 Å². The van der Waals surface area contributed by atoms with E-state index in [-0.39, 0.29) is 5.91 Å². The van der Waals surface area contributed by atoms with E-state index in [9.17, 15) is 4.79 Å². The third-order valence-electron chi connectivity index (χ3n) is 3.97. The lowest BCUT2D eigenvalue weighted by molar-refractivity contribution is 0.102. The number of aryl methyl sites for hydroxylation is 3. The van der Waals surface area contributed by atoms with Crippen molar-refractivity contribution in [2.24, 2.45) is 0 Å². The van der Waals surface area contributed by atoms with Crippen LogP contribution in [0.5, 0.6) is 5.75 Å². The summed E-state index contributed by atoms with van der Waals surface area (Å²) < 4.78 is 5.31. The van der Waals surface area contributed by atoms with Crippen molar-refractivity contribution in [2.75, 3.05) is 12.4 Å². The van der Waals surface area contributed by atoms with Crippen LogP contribution in [0.3, 0.4) is 0 Å². The van der Waals surface area contributed by atoms with Gasteiger partial charge in [-0.15, -0.1) is 11.3 Å². The van der Waals surface area contributed by atoms with Gasteiger partial charge < -0.3 is 4.74 Å². The largest absolute Gasteiger partial charge is 0.496 e. The summed E-state index contributed by atoms with van der Waals surface area (Å²) in [6.07, 6.45) is 0. The number of benzene rings is 2. The molecule has 0 bridgehead atoms. The zero-order valence-corrected chi connectivity index (χ0v) is 15.5. The zero-order valence-electron chi connectivity index (χ0n) is 14.7. The van der Waals surface area contributed by atoms with Crippen LogP contribution >= 0.6 is 11.3 Å². The van der Waals surface area contributed by atoms with Crippen LogP contribution in [0, 0.1) is 20.8 Å². The first-order valence-electron chi connectivity index (χ1n) is 7.98. The highest BCUT2D eigenvalue weighted by Gasteiger charge is 2.14. The Morgan fingerprint density at radius 2 is 1.92 bits per heavy atom. The number of rotatable bonds is 4. The van der Waals surface area contributed by atoms with Crippen LogP contribution in [0.25, 0.3) is 11.3 Å². The van der Waals surface area contributed by atoms with E-state index in [1.54, 1.807) is 13.2 Å². The highest BCUT2D eigenvalue weighted by molar-refractivity contribution is 7.16. The minimum Gasteiger partial charge on any atom is -0.496 e. The van der Waals surface area contributed by atoms with Gasteiger partial charge in [0.2, 0.25) is 0 Å². The van der Waals surface area contributed by atoms with Crippen LogP contribution in [-0.2, 0) is 0 Å². The average molecular weight is 352 g/mol. The monoisotopic (exact) mass is 352 g/mol. The van der Waals surface area contributed by atoms with Gasteiger partial charge in [-0.2, -0.15) is 0 Å². The van der Waals surface area contributed by atoms with Gasteiger partial charge in [0.1, 0.15) is 5.75 Å². The Hall–Kier alpha value is -2.66. The summed E-state index contributed by atoms with van der Waals surface area (Å²) in [5.74, 6) is 0.708. The maximum Gasteiger partial charge on any atom is 0.257 e. The number of ether oxygens (including phenoxy) is 1. The van der Waals surface area contributed by atoms with E-state index in [0.29, 0.717) is 10.7 Å². The van der Waals surface area contributed by atoms with Gasteiger partial charge in [0.05, 0.1) is 12.8 Å². The molecule has 0 saturated carbocycles. The average Bonchev–Trinajstić information content (AvgIpc) is 2.95. The summed E-state index contributed by atoms with van der Waals surface area (Å²) in [7, 11) is 1.66. The number of anilines is 1. The highest BCUT2D eigenvalue weighted by atomic mass is 32.1. The lowest BCUT2D eigenvalue weighted by Crippen LogP contribution is -2.11. The number of hydrogen-bond donors (Lipinski definition) is 1. The first-order valence-corrected chi connectivity index (χ1v) is 8.80. The molecule has 0 aliphatic carbocycles. The Morgan fingerprint density at radius 1 is 1.12 bits per heavy atom. The van der Waals surface area contributed by atoms with Crippen LogP contribution in [0.15, 0.2) is 42.5 Å². The van der Waals surface area contributed by atoms with E-state index in [1.165, 1.54) is 11.3 Å². The van der Waals surface area contributed by atoms with Crippen molar-refractivity contribution in [3.05, 3.63) is 64.0 Å². The molecule has 25 heavy (non-hydrogen) atoms. The third kappa shape index (κ3) is 3.72. The van der Waals surface area contributed by atoms with Crippen molar-refractivity contribution in [3.63, 3.8) is 0 Å². The van der Waals surface area contributed by atoms with Crippen molar-refractivity contribution in [2.45, 2.75) is 20.8 Å². The van der Waals surface area contributed by atoms with E-state index < -0.39 is 0 Å². The number of methoxy groups -OCH3 is 1. The highest BCUT2D eigenvalue weighted by Crippen LogP contribution is 2.32. The topological polar surface area (TPSA) is 51.2 Å². The van der Waals surface area contributed by atoms with Crippen molar-refractivity contribution in [1.29, 1.82) is 0 Å². The van der Waals surface area contributed by atoms with Gasteiger partial charge >= 0.3 is 0 Å². The fourth-order valence-corrected chi connectivity index (χ4v) is 3.53. The Morgan fingerprint density at radius 3 is 2.60 bits per heavy atom. The molecule has 128 valence electrons. The summed E-state index contributed by atoms with van der Waals surface area (Å²) >= 11 is 1.48. The summed E-state index contributed by atoms with van der Waals surface area (Å²) in [5, 5.41) is 3.50. The van der Waals surface area contributed by atoms with E-state index in [2.05, 4.69) is 10.3 Å². The standard InChI is InChI=1S/C20H20N2O2S/c1-12-6-5-7-16(10-12)19(23)22-20-21-18(14(3)25-20)15-8-9-17(24-4)13(2)11-15/h5-11H,1-4H3,(H,21,22,23). The molecule has 0 radical (unpaired) electrons. The quantitative estimate of drug-likeness (QED) is 0.719. The fourth-order valence-electron chi connectivity index (χ4n) is 2.70. The number of nitrogens with one attached hydrogen (secondary N) is 1. The third-order valence-corrected chi connectivity index (χ3v) is 4.85. The molecule has 0 fully saturated rings. The minimum atomic E-state index is -0.144. The molecule has 2 aromatic carbocycles. The van der Waals surface area contributed by atoms with E-state index in [1.807, 2.05) is 57.2 Å². The molecule has 0 aliphatic rings. The molecule has 1 aromatic heterocycles. The van der Waals surface area contributed by atoms with E-state index in [4.69, 9.17) is 4.74 Å². The summed E-state index contributed by atoms with van der Waals surface area (Å²) in [6.45, 7) is 5.98. The van der Waals surface area contributed by atoms with Crippen LogP contribution in [0.2, 0.25) is 0 Å². The molecule has 1 amide bonds. The van der Waals surface area contributed by atoms with Gasteiger partial charge in [-0.1, -0.05) is 17.7 Å². The number of thiazole rings is 1. The molecular formula is C20H20N2O2S. The Bertz CT molecular complexity index is 931. The number of carbonyl (C=O) groups excluding carboxylic acids is 1. The van der Waals surface area contributed by atoms with Gasteiger partial charge in [-0.05, 0) is 56.7 Å². The normalized spacial score (nSPS) is 10.6. The zero-order chi connectivity index (χ0) is 18.0. The molecule has 0 atom stereocenters. The SMILES string of the molecule is COc1ccc(-c2nc(NC(=O)c3cccc(C)c3)sc2C)cc1C. The second kappa shape index (κ2) is 7.07. The second-order valence-corrected chi connectivity index (χ2v) is 7.14. The molecule has 0 unspecified atom stereocenters. The number of nitrogens with zero attached hydrogens (tertiary/aromatic N) is 1. The Balaban J connectivity index is 1.85. The Kier molecular flexibility index (Phi) is 4.86. The Labute approximate surface area is 151 Å². The first kappa shape index (κ1) is 17.2. The maximum atomic E-state index is 12.4. The molecule has 5 heteroatoms. The molecule has 3 rings (SSSR count). The maximum absolute atomic E-state index is 12.4. The molecule has 3 aromatic rings. The predicted molar refractivity (Wildman–Crippen MR) is 103 cm³/mol. The molecule has 4 nitrogen and oxygen atoms in total. The summed E-state index contributed by atoms with van der Waals surface area (Å²) in [5.41, 5.74) is 4.64. The lowest BCUT2D eigenvalue weighted by atomic mass is 10.1. The smallest absolute Gasteiger partial charge is 0.257 e. The first-order chi connectivity index (χ1) is 12.0. The number of aromatic nitrogens is 1. The van der Waals surface area contributed by atoms with Gasteiger partial charge in [-0.3, -0.25) is 10.1 Å². The predicted octanol–water partition coefficient (Wildman–Crippen LogP) is 5.00. The minimum absolute atomic E-state index is 0.144. The van der Waals surface area contributed by atoms with Crippen molar-refractivity contribution < 1.29 is 9.53 Å². The molecule has 0 aliphatic heterocycles. The van der Waals surface area contributed by atoms with Gasteiger partial charge in [0, 0.05) is 16.0 Å². The van der Waals surface area contributed by atoms with Crippen LogP contribution < -0.4 is 10.1 Å². The molecule has 0 spiro atoms. The molecule has 0 saturated heterocycles. The van der Waals surface area contributed by atoms with E-state index in [0.717, 1.165) is 33.0 Å². The summed E-state index contributed by atoms with van der Waals surface area (Å²) in [6, 6.07) is 13.5. The van der Waals surface area contributed by atoms with E-state index >= 15 is 0 Å². The molecule has 1 N–H and O–H groups in total. The number of carbonyl (C=O) groups is 1. The number of amides is 1. The van der Waals surface area contributed by atoms with Gasteiger partial charge in [0.15, 0.2) is 5.13 Å². The van der Waals surface area contributed by atoms with Gasteiger partial charge in [0.25, 0.3) is 5.91 Å². The van der Waals surface area contributed by atoms with Crippen LogP contribution in [0.4, 0.5) is 5.13 Å². The lowest BCUT2D eigenvalue weighted by Gasteiger charge is -2.06. The van der Waals surface area contributed by atoms with Crippen molar-refractivity contribution in [1.82, 2.24) is 4.98 Å². The number of hydrogen-bond acceptors (Lipinski definition) is 4. The molecule has 1 heterocycles. The summed E-state index contributed by atoms with van der Waals surface area (Å²) in [4.78, 5) is 18.1. The second-order valence-electron chi connectivity index (χ2n) is 5.93. The van der Waals surface area contributed by atoms with Crippen molar-refractivity contribution >= 4 is 22.4 Å². The van der Waals surface area contributed by atoms with Crippen LogP contribution in [0.1, 0.15) is 26.4 Å². The van der Waals surface area contributed by atoms with Crippen LogP contribution in [-0.4, -0.2) is 18.0 Å². The molecular weight excluding hydrogens is 332 g/mol.